The summed E-state index contributed by atoms with van der Waals surface area (Å²) in [6.07, 6.45) is 0.959. The molecule has 198 valence electrons. The van der Waals surface area contributed by atoms with E-state index in [1.165, 1.54) is 4.31 Å². The van der Waals surface area contributed by atoms with E-state index in [1.807, 2.05) is 45.0 Å². The maximum atomic E-state index is 13.6. The molecular formula is C29H32N4O4S. The first-order chi connectivity index (χ1) is 18.0. The molecule has 8 nitrogen and oxygen atoms in total. The number of ether oxygens (including phenoxy) is 1. The highest BCUT2D eigenvalue weighted by Crippen LogP contribution is 2.50. The van der Waals surface area contributed by atoms with Gasteiger partial charge in [0.15, 0.2) is 5.78 Å². The van der Waals surface area contributed by atoms with Crippen LogP contribution in [0.5, 0.6) is 0 Å². The van der Waals surface area contributed by atoms with E-state index in [9.17, 15) is 18.5 Å². The number of carbonyl (C=O) groups excluding carboxylic acids is 1. The zero-order valence-electron chi connectivity index (χ0n) is 21.9. The number of allylic oxidation sites excluding steroid dienone is 3. The second kappa shape index (κ2) is 9.70. The number of morpholine rings is 1. The first-order valence-electron chi connectivity index (χ1n) is 12.7. The molecule has 1 aliphatic carbocycles. The van der Waals surface area contributed by atoms with E-state index in [1.54, 1.807) is 29.2 Å². The number of aryl methyl sites for hydroxylation is 1. The molecular weight excluding hydrogens is 500 g/mol. The Hall–Kier alpha value is -3.45. The molecule has 1 saturated heterocycles. The fourth-order valence-electron chi connectivity index (χ4n) is 5.60. The normalized spacial score (nSPS) is 22.3. The smallest absolute Gasteiger partial charge is 0.243 e. The number of carbonyl (C=O) groups is 1. The fraction of sp³-hybridized carbons (Fsp3) is 0.379. The van der Waals surface area contributed by atoms with Gasteiger partial charge in [-0.1, -0.05) is 43.7 Å². The highest BCUT2D eigenvalue weighted by Gasteiger charge is 2.44. The van der Waals surface area contributed by atoms with E-state index in [2.05, 4.69) is 6.07 Å². The molecule has 2 heterocycles. The lowest BCUT2D eigenvalue weighted by Gasteiger charge is -2.43. The summed E-state index contributed by atoms with van der Waals surface area (Å²) in [7, 11) is -3.66. The van der Waals surface area contributed by atoms with Crippen molar-refractivity contribution in [2.75, 3.05) is 31.2 Å². The van der Waals surface area contributed by atoms with Gasteiger partial charge < -0.3 is 10.5 Å². The molecule has 0 saturated carbocycles. The van der Waals surface area contributed by atoms with Gasteiger partial charge in [0.2, 0.25) is 10.0 Å². The van der Waals surface area contributed by atoms with E-state index >= 15 is 0 Å². The highest BCUT2D eigenvalue weighted by atomic mass is 32.2. The van der Waals surface area contributed by atoms with Crippen LogP contribution >= 0.6 is 0 Å². The third kappa shape index (κ3) is 4.53. The van der Waals surface area contributed by atoms with Gasteiger partial charge in [0, 0.05) is 36.5 Å². The number of hydrogen-bond acceptors (Lipinski definition) is 7. The molecule has 0 bridgehead atoms. The maximum absolute atomic E-state index is 13.6. The Balaban J connectivity index is 1.62. The molecule has 2 aromatic carbocycles. The number of sulfonamides is 1. The van der Waals surface area contributed by atoms with E-state index in [4.69, 9.17) is 10.5 Å². The monoisotopic (exact) mass is 532 g/mol. The van der Waals surface area contributed by atoms with Gasteiger partial charge in [-0.2, -0.15) is 9.57 Å². The van der Waals surface area contributed by atoms with Gasteiger partial charge in [-0.3, -0.25) is 9.69 Å². The van der Waals surface area contributed by atoms with Crippen molar-refractivity contribution in [3.8, 4) is 6.07 Å². The van der Waals surface area contributed by atoms with Crippen molar-refractivity contribution >= 4 is 21.5 Å². The summed E-state index contributed by atoms with van der Waals surface area (Å²) in [4.78, 5) is 15.6. The highest BCUT2D eigenvalue weighted by molar-refractivity contribution is 7.89. The Morgan fingerprint density at radius 3 is 2.26 bits per heavy atom. The van der Waals surface area contributed by atoms with Gasteiger partial charge >= 0.3 is 0 Å². The zero-order valence-corrected chi connectivity index (χ0v) is 22.7. The predicted octanol–water partition coefficient (Wildman–Crippen LogP) is 3.96. The van der Waals surface area contributed by atoms with Gasteiger partial charge in [-0.15, -0.1) is 0 Å². The van der Waals surface area contributed by atoms with Gasteiger partial charge in [-0.05, 0) is 48.6 Å². The van der Waals surface area contributed by atoms with E-state index in [-0.39, 0.29) is 21.9 Å². The lowest BCUT2D eigenvalue weighted by Crippen LogP contribution is -2.42. The molecule has 0 spiro atoms. The predicted molar refractivity (Wildman–Crippen MR) is 144 cm³/mol. The molecule has 38 heavy (non-hydrogen) atoms. The van der Waals surface area contributed by atoms with Crippen LogP contribution in [-0.2, 0) is 19.6 Å². The lowest BCUT2D eigenvalue weighted by molar-refractivity contribution is -0.118. The molecule has 2 aromatic rings. The molecule has 1 atom stereocenters. The molecule has 2 aliphatic heterocycles. The second-order valence-electron chi connectivity index (χ2n) is 10.9. The summed E-state index contributed by atoms with van der Waals surface area (Å²) in [5, 5.41) is 10.2. The largest absolute Gasteiger partial charge is 0.384 e. The summed E-state index contributed by atoms with van der Waals surface area (Å²) in [6.45, 7) is 7.44. The van der Waals surface area contributed by atoms with Crippen molar-refractivity contribution < 1.29 is 17.9 Å². The van der Waals surface area contributed by atoms with Crippen LogP contribution in [-0.4, -0.2) is 44.8 Å². The van der Waals surface area contributed by atoms with Crippen LogP contribution < -0.4 is 10.6 Å². The minimum Gasteiger partial charge on any atom is -0.384 e. The SMILES string of the molecule is Cc1ccc(C2C(C#N)=C(N)N(c3ccc(S(=O)(=O)N4CCOCC4)cc3)C3=C2C(=O)CC(C)(C)C3)cc1. The van der Waals surface area contributed by atoms with Crippen molar-refractivity contribution in [2.45, 2.75) is 44.4 Å². The lowest BCUT2D eigenvalue weighted by atomic mass is 9.68. The number of nitriles is 1. The number of anilines is 1. The van der Waals surface area contributed by atoms with Crippen LogP contribution in [0.4, 0.5) is 5.69 Å². The van der Waals surface area contributed by atoms with Crippen LogP contribution in [0.3, 0.4) is 0 Å². The van der Waals surface area contributed by atoms with Crippen molar-refractivity contribution in [3.63, 3.8) is 0 Å². The minimum absolute atomic E-state index is 0.00131. The van der Waals surface area contributed by atoms with E-state index < -0.39 is 15.9 Å². The number of hydrogen-bond donors (Lipinski definition) is 1. The van der Waals surface area contributed by atoms with Crippen LogP contribution in [0.15, 0.2) is 76.1 Å². The maximum Gasteiger partial charge on any atom is 0.243 e. The number of rotatable bonds is 4. The fourth-order valence-corrected chi connectivity index (χ4v) is 7.01. The Bertz CT molecular complexity index is 1480. The Kier molecular flexibility index (Phi) is 6.68. The number of nitrogens with zero attached hydrogens (tertiary/aromatic N) is 3. The molecule has 1 unspecified atom stereocenters. The molecule has 0 radical (unpaired) electrons. The molecule has 9 heteroatoms. The summed E-state index contributed by atoms with van der Waals surface area (Å²) in [6, 6.07) is 16.6. The molecule has 0 amide bonds. The first-order valence-corrected chi connectivity index (χ1v) is 14.2. The summed E-state index contributed by atoms with van der Waals surface area (Å²) in [5.41, 5.74) is 10.6. The third-order valence-corrected chi connectivity index (χ3v) is 9.41. The van der Waals surface area contributed by atoms with Crippen LogP contribution in [0.2, 0.25) is 0 Å². The van der Waals surface area contributed by atoms with Gasteiger partial charge in [-0.25, -0.2) is 8.42 Å². The topological polar surface area (TPSA) is 117 Å². The zero-order chi connectivity index (χ0) is 27.2. The summed E-state index contributed by atoms with van der Waals surface area (Å²) >= 11 is 0. The van der Waals surface area contributed by atoms with Crippen molar-refractivity contribution in [3.05, 3.63) is 82.3 Å². The number of nitrogens with two attached hydrogens (primary N) is 1. The Morgan fingerprint density at radius 1 is 1.03 bits per heavy atom. The molecule has 2 N–H and O–H groups in total. The van der Waals surface area contributed by atoms with Gasteiger partial charge in [0.25, 0.3) is 0 Å². The van der Waals surface area contributed by atoms with Crippen LogP contribution in [0, 0.1) is 23.7 Å². The summed E-state index contributed by atoms with van der Waals surface area (Å²) in [5.74, 6) is -0.291. The number of Topliss-reactive ketones (excluding diaryl/α,β-unsaturated/α-hetero) is 1. The quantitative estimate of drug-likeness (QED) is 0.634. The third-order valence-electron chi connectivity index (χ3n) is 7.49. The average molecular weight is 533 g/mol. The van der Waals surface area contributed by atoms with Gasteiger partial charge in [0.1, 0.15) is 5.82 Å². The van der Waals surface area contributed by atoms with Crippen molar-refractivity contribution in [2.24, 2.45) is 11.1 Å². The number of benzene rings is 2. The van der Waals surface area contributed by atoms with Crippen LogP contribution in [0.25, 0.3) is 0 Å². The average Bonchev–Trinajstić information content (AvgIpc) is 2.88. The molecule has 0 aromatic heterocycles. The second-order valence-corrected chi connectivity index (χ2v) is 12.8. The van der Waals surface area contributed by atoms with E-state index in [0.29, 0.717) is 56.0 Å². The van der Waals surface area contributed by atoms with Crippen molar-refractivity contribution in [1.82, 2.24) is 4.31 Å². The Labute approximate surface area is 224 Å². The molecule has 5 rings (SSSR count). The number of ketones is 1. The van der Waals surface area contributed by atoms with Crippen LogP contribution in [0.1, 0.15) is 43.7 Å². The molecule has 1 fully saturated rings. The van der Waals surface area contributed by atoms with E-state index in [0.717, 1.165) is 16.8 Å². The summed E-state index contributed by atoms with van der Waals surface area (Å²) < 4.78 is 33.0. The standard InChI is InChI=1S/C29H32N4O4S/c1-19-4-6-20(7-5-19)26-23(18-30)28(31)33(24-16-29(2,3)17-25(34)27(24)26)21-8-10-22(11-9-21)38(35,36)32-12-14-37-15-13-32/h4-11,26H,12-17,31H2,1-3H3. The van der Waals surface area contributed by atoms with Crippen molar-refractivity contribution in [1.29, 1.82) is 5.26 Å². The minimum atomic E-state index is -3.66. The first kappa shape index (κ1) is 26.2. The Morgan fingerprint density at radius 2 is 1.66 bits per heavy atom. The molecule has 3 aliphatic rings. The van der Waals surface area contributed by atoms with Gasteiger partial charge in [0.05, 0.1) is 35.7 Å².